The molecule has 118 valence electrons. The highest BCUT2D eigenvalue weighted by molar-refractivity contribution is 4.79. The Labute approximate surface area is 124 Å². The highest BCUT2D eigenvalue weighted by Crippen LogP contribution is 2.26. The molecular formula is C17H33NO2. The van der Waals surface area contributed by atoms with E-state index in [0.717, 1.165) is 32.3 Å². The molecule has 0 radical (unpaired) electrons. The summed E-state index contributed by atoms with van der Waals surface area (Å²) >= 11 is 0. The second-order valence-electron chi connectivity index (χ2n) is 6.48. The summed E-state index contributed by atoms with van der Waals surface area (Å²) in [5.41, 5.74) is 0. The van der Waals surface area contributed by atoms with E-state index in [2.05, 4.69) is 12.2 Å². The number of hydrogen-bond acceptors (Lipinski definition) is 3. The zero-order valence-electron chi connectivity index (χ0n) is 13.2. The van der Waals surface area contributed by atoms with Crippen LogP contribution in [0.4, 0.5) is 0 Å². The van der Waals surface area contributed by atoms with Crippen molar-refractivity contribution >= 4 is 0 Å². The van der Waals surface area contributed by atoms with Crippen LogP contribution in [0.1, 0.15) is 64.7 Å². The lowest BCUT2D eigenvalue weighted by Gasteiger charge is -2.31. The molecule has 2 fully saturated rings. The minimum Gasteiger partial charge on any atom is -0.377 e. The highest BCUT2D eigenvalue weighted by atomic mass is 16.5. The molecule has 2 unspecified atom stereocenters. The molecule has 0 spiro atoms. The third kappa shape index (κ3) is 5.71. The van der Waals surface area contributed by atoms with E-state index < -0.39 is 0 Å². The van der Waals surface area contributed by atoms with Gasteiger partial charge < -0.3 is 14.8 Å². The van der Waals surface area contributed by atoms with Crippen LogP contribution in [0.3, 0.4) is 0 Å². The molecule has 1 heterocycles. The lowest BCUT2D eigenvalue weighted by molar-refractivity contribution is -0.0474. The Kier molecular flexibility index (Phi) is 7.92. The van der Waals surface area contributed by atoms with Crippen molar-refractivity contribution in [1.29, 1.82) is 0 Å². The fraction of sp³-hybridized carbons (Fsp3) is 1.00. The van der Waals surface area contributed by atoms with Crippen LogP contribution in [-0.4, -0.2) is 38.5 Å². The molecular weight excluding hydrogens is 250 g/mol. The first-order chi connectivity index (χ1) is 9.90. The monoisotopic (exact) mass is 283 g/mol. The van der Waals surface area contributed by atoms with E-state index in [1.54, 1.807) is 0 Å². The first-order valence-electron chi connectivity index (χ1n) is 8.83. The average molecular weight is 283 g/mol. The maximum absolute atomic E-state index is 6.00. The maximum Gasteiger partial charge on any atom is 0.0808 e. The van der Waals surface area contributed by atoms with Gasteiger partial charge in [-0.3, -0.25) is 0 Å². The molecule has 1 aliphatic heterocycles. The molecule has 20 heavy (non-hydrogen) atoms. The van der Waals surface area contributed by atoms with Gasteiger partial charge in [-0.1, -0.05) is 26.2 Å². The number of ether oxygens (including phenoxy) is 2. The van der Waals surface area contributed by atoms with Gasteiger partial charge >= 0.3 is 0 Å². The molecule has 0 aromatic carbocycles. The Hall–Kier alpha value is -0.120. The third-order valence-electron chi connectivity index (χ3n) is 4.75. The summed E-state index contributed by atoms with van der Waals surface area (Å²) in [6.45, 7) is 5.93. The van der Waals surface area contributed by atoms with Crippen molar-refractivity contribution in [3.63, 3.8) is 0 Å². The molecule has 1 N–H and O–H groups in total. The van der Waals surface area contributed by atoms with Crippen molar-refractivity contribution in [2.75, 3.05) is 26.4 Å². The fourth-order valence-corrected chi connectivity index (χ4v) is 3.49. The van der Waals surface area contributed by atoms with Gasteiger partial charge in [0.2, 0.25) is 0 Å². The van der Waals surface area contributed by atoms with E-state index in [1.165, 1.54) is 57.8 Å². The summed E-state index contributed by atoms with van der Waals surface area (Å²) < 4.78 is 11.7. The van der Waals surface area contributed by atoms with Gasteiger partial charge in [0.15, 0.2) is 0 Å². The van der Waals surface area contributed by atoms with Crippen molar-refractivity contribution in [2.24, 2.45) is 5.92 Å². The van der Waals surface area contributed by atoms with Gasteiger partial charge in [0.1, 0.15) is 0 Å². The van der Waals surface area contributed by atoms with E-state index in [0.29, 0.717) is 12.1 Å². The van der Waals surface area contributed by atoms with Gasteiger partial charge in [0.05, 0.1) is 19.3 Å². The zero-order chi connectivity index (χ0) is 14.0. The van der Waals surface area contributed by atoms with Crippen molar-refractivity contribution in [1.82, 2.24) is 5.32 Å². The van der Waals surface area contributed by atoms with E-state index in [4.69, 9.17) is 9.47 Å². The van der Waals surface area contributed by atoms with Gasteiger partial charge in [-0.2, -0.15) is 0 Å². The zero-order valence-corrected chi connectivity index (χ0v) is 13.2. The Bertz CT molecular complexity index is 235. The summed E-state index contributed by atoms with van der Waals surface area (Å²) in [5.74, 6) is 0.822. The summed E-state index contributed by atoms with van der Waals surface area (Å²) in [6, 6.07) is 0.554. The maximum atomic E-state index is 6.00. The number of nitrogens with one attached hydrogen (secondary N) is 1. The van der Waals surface area contributed by atoms with Crippen molar-refractivity contribution in [3.8, 4) is 0 Å². The Morgan fingerprint density at radius 1 is 1.10 bits per heavy atom. The lowest BCUT2D eigenvalue weighted by atomic mass is 9.84. The van der Waals surface area contributed by atoms with Crippen LogP contribution in [0.2, 0.25) is 0 Å². The van der Waals surface area contributed by atoms with Crippen LogP contribution in [0, 0.1) is 5.92 Å². The SMILES string of the molecule is CCCNC(COCC1CCCCO1)C1CCCCC1. The summed E-state index contributed by atoms with van der Waals surface area (Å²) in [5, 5.41) is 3.71. The van der Waals surface area contributed by atoms with Gasteiger partial charge in [-0.25, -0.2) is 0 Å². The fourth-order valence-electron chi connectivity index (χ4n) is 3.49. The van der Waals surface area contributed by atoms with Crippen LogP contribution in [-0.2, 0) is 9.47 Å². The molecule has 1 saturated heterocycles. The molecule has 1 aliphatic carbocycles. The minimum absolute atomic E-state index is 0.349. The molecule has 0 bridgehead atoms. The smallest absolute Gasteiger partial charge is 0.0808 e. The third-order valence-corrected chi connectivity index (χ3v) is 4.75. The van der Waals surface area contributed by atoms with Gasteiger partial charge in [0.25, 0.3) is 0 Å². The molecule has 1 saturated carbocycles. The molecule has 2 aliphatic rings. The summed E-state index contributed by atoms with van der Waals surface area (Å²) in [6.07, 6.45) is 12.2. The van der Waals surface area contributed by atoms with Gasteiger partial charge in [0, 0.05) is 12.6 Å². The molecule has 0 amide bonds. The molecule has 3 nitrogen and oxygen atoms in total. The van der Waals surface area contributed by atoms with Crippen molar-refractivity contribution < 1.29 is 9.47 Å². The van der Waals surface area contributed by atoms with Crippen LogP contribution < -0.4 is 5.32 Å². The molecule has 3 heteroatoms. The first-order valence-corrected chi connectivity index (χ1v) is 8.83. The molecule has 2 rings (SSSR count). The minimum atomic E-state index is 0.349. The summed E-state index contributed by atoms with van der Waals surface area (Å²) in [4.78, 5) is 0. The second-order valence-corrected chi connectivity index (χ2v) is 6.48. The van der Waals surface area contributed by atoms with Crippen LogP contribution in [0.15, 0.2) is 0 Å². The molecule has 2 atom stereocenters. The lowest BCUT2D eigenvalue weighted by Crippen LogP contribution is -2.42. The van der Waals surface area contributed by atoms with Crippen molar-refractivity contribution in [3.05, 3.63) is 0 Å². The standard InChI is InChI=1S/C17H33NO2/c1-2-11-18-17(15-8-4-3-5-9-15)14-19-13-16-10-6-7-12-20-16/h15-18H,2-14H2,1H3. The normalized spacial score (nSPS) is 26.6. The summed E-state index contributed by atoms with van der Waals surface area (Å²) in [7, 11) is 0. The van der Waals surface area contributed by atoms with Gasteiger partial charge in [-0.15, -0.1) is 0 Å². The molecule has 0 aromatic rings. The Balaban J connectivity index is 1.68. The van der Waals surface area contributed by atoms with E-state index in [1.807, 2.05) is 0 Å². The van der Waals surface area contributed by atoms with Crippen LogP contribution in [0.5, 0.6) is 0 Å². The Morgan fingerprint density at radius 3 is 2.60 bits per heavy atom. The molecule has 0 aromatic heterocycles. The predicted molar refractivity (Wildman–Crippen MR) is 83.1 cm³/mol. The predicted octanol–water partition coefficient (Wildman–Crippen LogP) is 3.52. The van der Waals surface area contributed by atoms with E-state index in [9.17, 15) is 0 Å². The quantitative estimate of drug-likeness (QED) is 0.739. The van der Waals surface area contributed by atoms with E-state index >= 15 is 0 Å². The second kappa shape index (κ2) is 9.75. The van der Waals surface area contributed by atoms with E-state index in [-0.39, 0.29) is 0 Å². The van der Waals surface area contributed by atoms with Crippen molar-refractivity contribution in [2.45, 2.75) is 76.9 Å². The highest BCUT2D eigenvalue weighted by Gasteiger charge is 2.24. The van der Waals surface area contributed by atoms with Crippen LogP contribution in [0.25, 0.3) is 0 Å². The Morgan fingerprint density at radius 2 is 1.90 bits per heavy atom. The van der Waals surface area contributed by atoms with Gasteiger partial charge in [-0.05, 0) is 51.0 Å². The number of rotatable bonds is 8. The topological polar surface area (TPSA) is 30.5 Å². The first kappa shape index (κ1) is 16.3. The number of hydrogen-bond donors (Lipinski definition) is 1. The largest absolute Gasteiger partial charge is 0.377 e. The average Bonchev–Trinajstić information content (AvgIpc) is 2.52. The van der Waals surface area contributed by atoms with Crippen LogP contribution >= 0.6 is 0 Å².